The van der Waals surface area contributed by atoms with Crippen LogP contribution >= 0.6 is 0 Å². The molecule has 1 saturated carbocycles. The van der Waals surface area contributed by atoms with E-state index >= 15 is 0 Å². The third-order valence-corrected chi connectivity index (χ3v) is 4.99. The van der Waals surface area contributed by atoms with Gasteiger partial charge < -0.3 is 20.1 Å². The highest BCUT2D eigenvalue weighted by Crippen LogP contribution is 2.36. The van der Waals surface area contributed by atoms with Crippen LogP contribution in [0, 0.1) is 0 Å². The third kappa shape index (κ3) is 2.67. The van der Waals surface area contributed by atoms with Gasteiger partial charge in [0.25, 0.3) is 0 Å². The molecule has 9 nitrogen and oxygen atoms in total. The second kappa shape index (κ2) is 5.65. The number of nitrogens with zero attached hydrogens (tertiary/aromatic N) is 5. The number of fused-ring (bicyclic) bond motifs is 2. The van der Waals surface area contributed by atoms with Crippen LogP contribution in [0.4, 0.5) is 5.95 Å². The van der Waals surface area contributed by atoms with Crippen LogP contribution in [0.2, 0.25) is 0 Å². The number of methoxy groups -OCH3 is 1. The van der Waals surface area contributed by atoms with Gasteiger partial charge in [0.1, 0.15) is 12.0 Å². The van der Waals surface area contributed by atoms with Gasteiger partial charge in [-0.3, -0.25) is 0 Å². The van der Waals surface area contributed by atoms with Crippen molar-refractivity contribution in [2.24, 2.45) is 0 Å². The summed E-state index contributed by atoms with van der Waals surface area (Å²) in [4.78, 5) is 16.5. The number of H-pyrrole nitrogens is 1. The number of aromatic amines is 1. The molecule has 0 radical (unpaired) electrons. The van der Waals surface area contributed by atoms with Crippen LogP contribution in [0.5, 0.6) is 5.88 Å². The lowest BCUT2D eigenvalue weighted by Crippen LogP contribution is -2.48. The summed E-state index contributed by atoms with van der Waals surface area (Å²) in [6.45, 7) is 1.83. The highest BCUT2D eigenvalue weighted by atomic mass is 16.5. The molecule has 0 aliphatic heterocycles. The molecule has 9 heteroatoms. The van der Waals surface area contributed by atoms with E-state index in [9.17, 15) is 5.11 Å². The predicted molar refractivity (Wildman–Crippen MR) is 99.7 cm³/mol. The minimum absolute atomic E-state index is 0.159. The fourth-order valence-electron chi connectivity index (χ4n) is 3.71. The van der Waals surface area contributed by atoms with E-state index in [0.29, 0.717) is 30.3 Å². The average Bonchev–Trinajstić information content (AvgIpc) is 3.25. The summed E-state index contributed by atoms with van der Waals surface area (Å²) in [5, 5.41) is 18.1. The van der Waals surface area contributed by atoms with Crippen LogP contribution in [-0.2, 0) is 0 Å². The SMILES string of the molecule is COc1nc(N[C@H]2C[C@](C)(O)C2)nc2[nH]cc(-c3ccn4ncnc4c3)c12. The molecule has 27 heavy (non-hydrogen) atoms. The summed E-state index contributed by atoms with van der Waals surface area (Å²) >= 11 is 0. The van der Waals surface area contributed by atoms with E-state index in [4.69, 9.17) is 4.74 Å². The van der Waals surface area contributed by atoms with Crippen molar-refractivity contribution < 1.29 is 9.84 Å². The van der Waals surface area contributed by atoms with Crippen molar-refractivity contribution in [1.82, 2.24) is 29.5 Å². The van der Waals surface area contributed by atoms with Crippen LogP contribution in [0.15, 0.2) is 30.9 Å². The van der Waals surface area contributed by atoms with Crippen molar-refractivity contribution in [3.8, 4) is 17.0 Å². The number of aromatic nitrogens is 6. The van der Waals surface area contributed by atoms with Gasteiger partial charge in [-0.2, -0.15) is 15.1 Å². The van der Waals surface area contributed by atoms with E-state index < -0.39 is 5.60 Å². The quantitative estimate of drug-likeness (QED) is 0.507. The molecular weight excluding hydrogens is 346 g/mol. The van der Waals surface area contributed by atoms with Gasteiger partial charge in [-0.05, 0) is 37.5 Å². The van der Waals surface area contributed by atoms with Gasteiger partial charge in [-0.25, -0.2) is 9.50 Å². The highest BCUT2D eigenvalue weighted by molar-refractivity contribution is 5.98. The zero-order valence-corrected chi connectivity index (χ0v) is 15.0. The molecule has 0 saturated heterocycles. The lowest BCUT2D eigenvalue weighted by atomic mass is 9.77. The smallest absolute Gasteiger partial charge is 0.228 e. The molecule has 4 aromatic rings. The Labute approximate surface area is 154 Å². The zero-order chi connectivity index (χ0) is 18.6. The molecule has 0 atom stereocenters. The highest BCUT2D eigenvalue weighted by Gasteiger charge is 2.38. The standard InChI is InChI=1S/C18H19N7O2/c1-18(26)6-11(7-18)22-17-23-15-14(16(24-17)27-2)12(8-19-15)10-3-4-25-13(5-10)20-9-21-25/h3-5,8-9,11,26H,6-7H2,1-2H3,(H2,19,22,23,24)/t11-,18-. The number of nitrogens with one attached hydrogen (secondary N) is 2. The van der Waals surface area contributed by atoms with Gasteiger partial charge in [0, 0.05) is 24.0 Å². The predicted octanol–water partition coefficient (Wildman–Crippen LogP) is 2.00. The van der Waals surface area contributed by atoms with Crippen LogP contribution < -0.4 is 10.1 Å². The molecule has 1 fully saturated rings. The summed E-state index contributed by atoms with van der Waals surface area (Å²) in [6, 6.07) is 4.08. The lowest BCUT2D eigenvalue weighted by molar-refractivity contribution is -0.0236. The molecule has 3 N–H and O–H groups in total. The fraction of sp³-hybridized carbons (Fsp3) is 0.333. The molecular formula is C18H19N7O2. The number of hydrogen-bond acceptors (Lipinski definition) is 7. The van der Waals surface area contributed by atoms with E-state index in [1.54, 1.807) is 11.6 Å². The number of aliphatic hydroxyl groups is 1. The van der Waals surface area contributed by atoms with Gasteiger partial charge in [0.05, 0.1) is 18.1 Å². The molecule has 4 aromatic heterocycles. The molecule has 0 bridgehead atoms. The second-order valence-corrected chi connectivity index (χ2v) is 7.21. The largest absolute Gasteiger partial charge is 0.480 e. The van der Waals surface area contributed by atoms with E-state index in [-0.39, 0.29) is 6.04 Å². The maximum Gasteiger partial charge on any atom is 0.228 e. The Bertz CT molecular complexity index is 1140. The summed E-state index contributed by atoms with van der Waals surface area (Å²) < 4.78 is 7.25. The molecule has 0 aromatic carbocycles. The minimum atomic E-state index is -0.605. The van der Waals surface area contributed by atoms with Crippen LogP contribution in [0.3, 0.4) is 0 Å². The Balaban J connectivity index is 1.55. The molecule has 138 valence electrons. The van der Waals surface area contributed by atoms with Crippen molar-refractivity contribution in [3.63, 3.8) is 0 Å². The zero-order valence-electron chi connectivity index (χ0n) is 15.0. The van der Waals surface area contributed by atoms with E-state index in [1.165, 1.54) is 6.33 Å². The Kier molecular flexibility index (Phi) is 3.35. The first-order valence-electron chi connectivity index (χ1n) is 8.74. The summed E-state index contributed by atoms with van der Waals surface area (Å²) in [6.07, 6.45) is 6.62. The first-order chi connectivity index (χ1) is 13.0. The summed E-state index contributed by atoms with van der Waals surface area (Å²) in [5.74, 6) is 0.979. The lowest BCUT2D eigenvalue weighted by Gasteiger charge is -2.41. The molecule has 1 aliphatic rings. The van der Waals surface area contributed by atoms with Gasteiger partial charge >= 0.3 is 0 Å². The van der Waals surface area contributed by atoms with Crippen molar-refractivity contribution in [2.45, 2.75) is 31.4 Å². The maximum absolute atomic E-state index is 9.90. The van der Waals surface area contributed by atoms with Gasteiger partial charge in [-0.1, -0.05) is 0 Å². The van der Waals surface area contributed by atoms with Crippen LogP contribution in [0.1, 0.15) is 19.8 Å². The van der Waals surface area contributed by atoms with E-state index in [2.05, 4.69) is 30.4 Å². The first kappa shape index (κ1) is 16.0. The maximum atomic E-state index is 9.90. The molecule has 1 aliphatic carbocycles. The van der Waals surface area contributed by atoms with Gasteiger partial charge in [-0.15, -0.1) is 0 Å². The summed E-state index contributed by atoms with van der Waals surface area (Å²) in [7, 11) is 1.60. The molecule has 0 amide bonds. The Hall–Kier alpha value is -3.20. The fourth-order valence-corrected chi connectivity index (χ4v) is 3.71. The second-order valence-electron chi connectivity index (χ2n) is 7.21. The normalized spacial score (nSPS) is 22.1. The van der Waals surface area contributed by atoms with Crippen molar-refractivity contribution in [2.75, 3.05) is 12.4 Å². The number of hydrogen-bond donors (Lipinski definition) is 3. The van der Waals surface area contributed by atoms with Crippen LogP contribution in [-0.4, -0.2) is 53.4 Å². The van der Waals surface area contributed by atoms with Gasteiger partial charge in [0.2, 0.25) is 11.8 Å². The molecule has 0 spiro atoms. The molecule has 4 heterocycles. The van der Waals surface area contributed by atoms with E-state index in [1.807, 2.05) is 31.5 Å². The van der Waals surface area contributed by atoms with E-state index in [0.717, 1.165) is 22.2 Å². The van der Waals surface area contributed by atoms with Crippen molar-refractivity contribution in [1.29, 1.82) is 0 Å². The van der Waals surface area contributed by atoms with Crippen LogP contribution in [0.25, 0.3) is 27.8 Å². The van der Waals surface area contributed by atoms with Gasteiger partial charge in [0.15, 0.2) is 5.65 Å². The number of ether oxygens (including phenoxy) is 1. The number of anilines is 1. The number of rotatable bonds is 4. The average molecular weight is 365 g/mol. The third-order valence-electron chi connectivity index (χ3n) is 4.99. The van der Waals surface area contributed by atoms with Crippen molar-refractivity contribution in [3.05, 3.63) is 30.9 Å². The number of pyridine rings is 1. The summed E-state index contributed by atoms with van der Waals surface area (Å²) in [5.41, 5.74) is 2.75. The Morgan fingerprint density at radius 2 is 2.22 bits per heavy atom. The Morgan fingerprint density at radius 1 is 1.37 bits per heavy atom. The minimum Gasteiger partial charge on any atom is -0.480 e. The van der Waals surface area contributed by atoms with Crippen molar-refractivity contribution >= 4 is 22.6 Å². The topological polar surface area (TPSA) is 113 Å². The molecule has 5 rings (SSSR count). The molecule has 0 unspecified atom stereocenters. The first-order valence-corrected chi connectivity index (χ1v) is 8.74. The Morgan fingerprint density at radius 3 is 3.00 bits per heavy atom. The monoisotopic (exact) mass is 365 g/mol.